The Hall–Kier alpha value is -0.120. The van der Waals surface area contributed by atoms with Crippen molar-refractivity contribution in [2.45, 2.75) is 58.5 Å². The van der Waals surface area contributed by atoms with Crippen molar-refractivity contribution in [2.24, 2.45) is 5.41 Å². The van der Waals surface area contributed by atoms with Crippen LogP contribution in [0.3, 0.4) is 0 Å². The van der Waals surface area contributed by atoms with Crippen molar-refractivity contribution in [3.63, 3.8) is 0 Å². The van der Waals surface area contributed by atoms with Gasteiger partial charge in [-0.3, -0.25) is 4.90 Å². The second kappa shape index (κ2) is 6.36. The zero-order valence-corrected chi connectivity index (χ0v) is 12.4. The number of rotatable bonds is 3. The van der Waals surface area contributed by atoms with Crippen LogP contribution in [0.15, 0.2) is 0 Å². The van der Waals surface area contributed by atoms with E-state index >= 15 is 0 Å². The molecule has 0 aromatic carbocycles. The Morgan fingerprint density at radius 3 is 2.83 bits per heavy atom. The third-order valence-corrected chi connectivity index (χ3v) is 4.70. The minimum atomic E-state index is 0.423. The van der Waals surface area contributed by atoms with Gasteiger partial charge in [-0.1, -0.05) is 27.2 Å². The van der Waals surface area contributed by atoms with Gasteiger partial charge < -0.3 is 10.1 Å². The third-order valence-electron chi connectivity index (χ3n) is 4.70. The Labute approximate surface area is 112 Å². The first kappa shape index (κ1) is 14.3. The molecule has 2 atom stereocenters. The standard InChI is InChI=1S/C15H30N2O/c1-4-16-14-13(7-5-8-15(14,2)3)17-9-6-11-18-12-10-17/h13-14,16H,4-12H2,1-3H3. The maximum Gasteiger partial charge on any atom is 0.0593 e. The number of hydrogen-bond acceptors (Lipinski definition) is 3. The van der Waals surface area contributed by atoms with Gasteiger partial charge in [-0.25, -0.2) is 0 Å². The van der Waals surface area contributed by atoms with Gasteiger partial charge in [0.15, 0.2) is 0 Å². The highest BCUT2D eigenvalue weighted by Crippen LogP contribution is 2.38. The van der Waals surface area contributed by atoms with Gasteiger partial charge in [-0.2, -0.15) is 0 Å². The largest absolute Gasteiger partial charge is 0.380 e. The normalized spacial score (nSPS) is 34.2. The summed E-state index contributed by atoms with van der Waals surface area (Å²) < 4.78 is 5.60. The van der Waals surface area contributed by atoms with Crippen molar-refractivity contribution in [2.75, 3.05) is 32.8 Å². The van der Waals surface area contributed by atoms with Crippen LogP contribution in [0.1, 0.15) is 46.5 Å². The zero-order valence-electron chi connectivity index (χ0n) is 12.4. The lowest BCUT2D eigenvalue weighted by Gasteiger charge is -2.48. The van der Waals surface area contributed by atoms with E-state index in [1.807, 2.05) is 0 Å². The molecule has 18 heavy (non-hydrogen) atoms. The molecule has 0 radical (unpaired) electrons. The summed E-state index contributed by atoms with van der Waals surface area (Å²) >= 11 is 0. The van der Waals surface area contributed by atoms with Crippen LogP contribution in [0.4, 0.5) is 0 Å². The van der Waals surface area contributed by atoms with Crippen molar-refractivity contribution in [3.05, 3.63) is 0 Å². The van der Waals surface area contributed by atoms with Gasteiger partial charge in [0.05, 0.1) is 6.61 Å². The van der Waals surface area contributed by atoms with Crippen molar-refractivity contribution in [3.8, 4) is 0 Å². The van der Waals surface area contributed by atoms with E-state index in [0.29, 0.717) is 17.5 Å². The summed E-state index contributed by atoms with van der Waals surface area (Å²) in [7, 11) is 0. The molecular formula is C15H30N2O. The van der Waals surface area contributed by atoms with Crippen molar-refractivity contribution >= 4 is 0 Å². The molecule has 1 saturated carbocycles. The van der Waals surface area contributed by atoms with Gasteiger partial charge in [-0.05, 0) is 31.2 Å². The van der Waals surface area contributed by atoms with Crippen LogP contribution in [-0.4, -0.2) is 49.8 Å². The van der Waals surface area contributed by atoms with Crippen molar-refractivity contribution < 1.29 is 4.74 Å². The Morgan fingerprint density at radius 1 is 1.22 bits per heavy atom. The van der Waals surface area contributed by atoms with E-state index in [-0.39, 0.29) is 0 Å². The lowest BCUT2D eigenvalue weighted by molar-refractivity contribution is 0.0462. The second-order valence-electron chi connectivity index (χ2n) is 6.49. The Kier molecular flexibility index (Phi) is 5.05. The first-order valence-electron chi connectivity index (χ1n) is 7.70. The van der Waals surface area contributed by atoms with E-state index < -0.39 is 0 Å². The van der Waals surface area contributed by atoms with E-state index in [1.54, 1.807) is 0 Å². The fourth-order valence-corrected chi connectivity index (χ4v) is 3.73. The van der Waals surface area contributed by atoms with Crippen LogP contribution in [-0.2, 0) is 4.74 Å². The molecule has 3 nitrogen and oxygen atoms in total. The smallest absolute Gasteiger partial charge is 0.0593 e. The van der Waals surface area contributed by atoms with E-state index in [2.05, 4.69) is 31.0 Å². The average molecular weight is 254 g/mol. The first-order valence-corrected chi connectivity index (χ1v) is 7.70. The van der Waals surface area contributed by atoms with Crippen LogP contribution >= 0.6 is 0 Å². The quantitative estimate of drug-likeness (QED) is 0.836. The fourth-order valence-electron chi connectivity index (χ4n) is 3.73. The summed E-state index contributed by atoms with van der Waals surface area (Å²) in [5.74, 6) is 0. The topological polar surface area (TPSA) is 24.5 Å². The molecule has 2 aliphatic rings. The van der Waals surface area contributed by atoms with Crippen molar-refractivity contribution in [1.82, 2.24) is 10.2 Å². The summed E-state index contributed by atoms with van der Waals surface area (Å²) in [5, 5.41) is 3.76. The molecule has 2 unspecified atom stereocenters. The van der Waals surface area contributed by atoms with Crippen LogP contribution in [0.2, 0.25) is 0 Å². The molecule has 0 amide bonds. The number of likely N-dealkylation sites (N-methyl/N-ethyl adjacent to an activating group) is 1. The molecule has 3 heteroatoms. The second-order valence-corrected chi connectivity index (χ2v) is 6.49. The Balaban J connectivity index is 2.07. The monoisotopic (exact) mass is 254 g/mol. The zero-order chi connectivity index (χ0) is 13.0. The van der Waals surface area contributed by atoms with Crippen LogP contribution < -0.4 is 5.32 Å². The van der Waals surface area contributed by atoms with Gasteiger partial charge in [-0.15, -0.1) is 0 Å². The molecule has 2 fully saturated rings. The van der Waals surface area contributed by atoms with Gasteiger partial charge in [0.25, 0.3) is 0 Å². The van der Waals surface area contributed by atoms with Crippen LogP contribution in [0, 0.1) is 5.41 Å². The van der Waals surface area contributed by atoms with E-state index in [9.17, 15) is 0 Å². The van der Waals surface area contributed by atoms with Gasteiger partial charge in [0.1, 0.15) is 0 Å². The SMILES string of the molecule is CCNC1C(N2CCCOCC2)CCCC1(C)C. The maximum atomic E-state index is 5.60. The molecule has 1 heterocycles. The Morgan fingerprint density at radius 2 is 2.06 bits per heavy atom. The van der Waals surface area contributed by atoms with E-state index in [0.717, 1.165) is 26.3 Å². The summed E-state index contributed by atoms with van der Waals surface area (Å²) in [6.45, 7) is 12.4. The highest BCUT2D eigenvalue weighted by atomic mass is 16.5. The number of hydrogen-bond donors (Lipinski definition) is 1. The highest BCUT2D eigenvalue weighted by molar-refractivity contribution is 4.98. The minimum Gasteiger partial charge on any atom is -0.380 e. The van der Waals surface area contributed by atoms with Crippen molar-refractivity contribution in [1.29, 1.82) is 0 Å². The third kappa shape index (κ3) is 3.25. The summed E-state index contributed by atoms with van der Waals surface area (Å²) in [4.78, 5) is 2.68. The van der Waals surface area contributed by atoms with Gasteiger partial charge in [0.2, 0.25) is 0 Å². The summed E-state index contributed by atoms with van der Waals surface area (Å²) in [6.07, 6.45) is 5.26. The average Bonchev–Trinajstić information content (AvgIpc) is 2.60. The van der Waals surface area contributed by atoms with E-state index in [4.69, 9.17) is 4.74 Å². The molecule has 2 rings (SSSR count). The molecule has 0 aromatic rings. The number of nitrogens with zero attached hydrogens (tertiary/aromatic N) is 1. The summed E-state index contributed by atoms with van der Waals surface area (Å²) in [5.41, 5.74) is 0.423. The Bertz CT molecular complexity index is 247. The molecule has 0 spiro atoms. The minimum absolute atomic E-state index is 0.423. The first-order chi connectivity index (χ1) is 8.65. The molecule has 0 aromatic heterocycles. The van der Waals surface area contributed by atoms with Crippen LogP contribution in [0.25, 0.3) is 0 Å². The molecule has 0 bridgehead atoms. The van der Waals surface area contributed by atoms with Gasteiger partial charge in [0, 0.05) is 31.8 Å². The van der Waals surface area contributed by atoms with Crippen LogP contribution in [0.5, 0.6) is 0 Å². The predicted octanol–water partition coefficient (Wildman–Crippen LogP) is 2.27. The number of nitrogens with one attached hydrogen (secondary N) is 1. The highest BCUT2D eigenvalue weighted by Gasteiger charge is 2.40. The number of ether oxygens (including phenoxy) is 1. The molecule has 1 N–H and O–H groups in total. The molecular weight excluding hydrogens is 224 g/mol. The predicted molar refractivity (Wildman–Crippen MR) is 75.9 cm³/mol. The molecule has 106 valence electrons. The molecule has 1 aliphatic heterocycles. The lowest BCUT2D eigenvalue weighted by atomic mass is 9.70. The lowest BCUT2D eigenvalue weighted by Crippen LogP contribution is -2.59. The maximum absolute atomic E-state index is 5.60. The molecule has 1 saturated heterocycles. The summed E-state index contributed by atoms with van der Waals surface area (Å²) in [6, 6.07) is 1.34. The van der Waals surface area contributed by atoms with Gasteiger partial charge >= 0.3 is 0 Å². The fraction of sp³-hybridized carbons (Fsp3) is 1.00. The molecule has 1 aliphatic carbocycles. The van der Waals surface area contributed by atoms with E-state index in [1.165, 1.54) is 32.2 Å².